The zero-order valence-corrected chi connectivity index (χ0v) is 11.6. The predicted octanol–water partition coefficient (Wildman–Crippen LogP) is 2.44. The maximum absolute atomic E-state index is 12.6. The Kier molecular flexibility index (Phi) is 4.73. The maximum Gasteiger partial charge on any atom is 0.258 e. The summed E-state index contributed by atoms with van der Waals surface area (Å²) in [6.45, 7) is 6.22. The standard InChI is InChI=1S/C14H22N2O2/c1-5-14(3,18-4)13(17)16(6-2)12-10-8-7-9-11(12)15/h7-10H,5-6,15H2,1-4H3. The van der Waals surface area contributed by atoms with Gasteiger partial charge in [-0.1, -0.05) is 19.1 Å². The molecule has 2 N–H and O–H groups in total. The van der Waals surface area contributed by atoms with Crippen LogP contribution in [0.4, 0.5) is 11.4 Å². The fourth-order valence-electron chi connectivity index (χ4n) is 1.83. The normalized spacial score (nSPS) is 14.0. The first-order valence-corrected chi connectivity index (χ1v) is 6.21. The fourth-order valence-corrected chi connectivity index (χ4v) is 1.83. The molecule has 1 atom stereocenters. The Bertz CT molecular complexity index is 414. The second kappa shape index (κ2) is 5.87. The first kappa shape index (κ1) is 14.5. The van der Waals surface area contributed by atoms with E-state index in [1.165, 1.54) is 0 Å². The molecule has 1 unspecified atom stereocenters. The van der Waals surface area contributed by atoms with Crippen LogP contribution in [0.1, 0.15) is 27.2 Å². The smallest absolute Gasteiger partial charge is 0.258 e. The van der Waals surface area contributed by atoms with Crippen LogP contribution in [0.2, 0.25) is 0 Å². The number of hydrogen-bond acceptors (Lipinski definition) is 3. The van der Waals surface area contributed by atoms with E-state index in [0.717, 1.165) is 5.69 Å². The van der Waals surface area contributed by atoms with E-state index >= 15 is 0 Å². The number of ether oxygens (including phenoxy) is 1. The van der Waals surface area contributed by atoms with Crippen LogP contribution in [0.3, 0.4) is 0 Å². The van der Waals surface area contributed by atoms with Crippen LogP contribution >= 0.6 is 0 Å². The van der Waals surface area contributed by atoms with E-state index in [0.29, 0.717) is 18.7 Å². The predicted molar refractivity (Wildman–Crippen MR) is 74.6 cm³/mol. The number of carbonyl (C=O) groups is 1. The summed E-state index contributed by atoms with van der Waals surface area (Å²) in [6.07, 6.45) is 0.617. The number of amides is 1. The average Bonchev–Trinajstić information content (AvgIpc) is 2.40. The van der Waals surface area contributed by atoms with Crippen molar-refractivity contribution in [3.63, 3.8) is 0 Å². The van der Waals surface area contributed by atoms with Crippen LogP contribution in [0.15, 0.2) is 24.3 Å². The lowest BCUT2D eigenvalue weighted by Gasteiger charge is -2.32. The fraction of sp³-hybridized carbons (Fsp3) is 0.500. The maximum atomic E-state index is 12.6. The summed E-state index contributed by atoms with van der Waals surface area (Å²) >= 11 is 0. The van der Waals surface area contributed by atoms with Crippen molar-refractivity contribution in [2.45, 2.75) is 32.8 Å². The second-order valence-corrected chi connectivity index (χ2v) is 4.40. The summed E-state index contributed by atoms with van der Waals surface area (Å²) in [6, 6.07) is 7.37. The quantitative estimate of drug-likeness (QED) is 0.817. The molecule has 18 heavy (non-hydrogen) atoms. The molecule has 0 heterocycles. The molecule has 4 nitrogen and oxygen atoms in total. The summed E-state index contributed by atoms with van der Waals surface area (Å²) < 4.78 is 5.36. The van der Waals surface area contributed by atoms with Crippen molar-refractivity contribution in [1.29, 1.82) is 0 Å². The molecular formula is C14H22N2O2. The molecule has 0 aliphatic heterocycles. The molecule has 0 fully saturated rings. The number of nitrogens with two attached hydrogens (primary N) is 1. The van der Waals surface area contributed by atoms with Crippen molar-refractivity contribution >= 4 is 17.3 Å². The largest absolute Gasteiger partial charge is 0.397 e. The minimum atomic E-state index is -0.807. The van der Waals surface area contributed by atoms with Crippen molar-refractivity contribution < 1.29 is 9.53 Å². The summed E-state index contributed by atoms with van der Waals surface area (Å²) in [5, 5.41) is 0. The second-order valence-electron chi connectivity index (χ2n) is 4.40. The third kappa shape index (κ3) is 2.64. The topological polar surface area (TPSA) is 55.6 Å². The third-order valence-corrected chi connectivity index (χ3v) is 3.37. The van der Waals surface area contributed by atoms with E-state index in [1.54, 1.807) is 25.0 Å². The molecule has 1 amide bonds. The van der Waals surface area contributed by atoms with Crippen molar-refractivity contribution in [2.75, 3.05) is 24.3 Å². The van der Waals surface area contributed by atoms with Gasteiger partial charge in [-0.25, -0.2) is 0 Å². The minimum absolute atomic E-state index is 0.0621. The van der Waals surface area contributed by atoms with E-state index in [9.17, 15) is 4.79 Å². The van der Waals surface area contributed by atoms with E-state index in [4.69, 9.17) is 10.5 Å². The van der Waals surface area contributed by atoms with Crippen LogP contribution < -0.4 is 10.6 Å². The summed E-state index contributed by atoms with van der Waals surface area (Å²) in [7, 11) is 1.56. The van der Waals surface area contributed by atoms with Gasteiger partial charge in [0.05, 0.1) is 11.4 Å². The van der Waals surface area contributed by atoms with Crippen LogP contribution in [0.5, 0.6) is 0 Å². The Morgan fingerprint density at radius 2 is 2.00 bits per heavy atom. The van der Waals surface area contributed by atoms with Gasteiger partial charge in [0.2, 0.25) is 0 Å². The van der Waals surface area contributed by atoms with Crippen molar-refractivity contribution in [3.05, 3.63) is 24.3 Å². The van der Waals surface area contributed by atoms with Crippen molar-refractivity contribution in [1.82, 2.24) is 0 Å². The Morgan fingerprint density at radius 3 is 2.44 bits per heavy atom. The Labute approximate surface area is 109 Å². The zero-order chi connectivity index (χ0) is 13.8. The van der Waals surface area contributed by atoms with Gasteiger partial charge in [0.25, 0.3) is 5.91 Å². The highest BCUT2D eigenvalue weighted by molar-refractivity contribution is 6.01. The molecule has 100 valence electrons. The highest BCUT2D eigenvalue weighted by Crippen LogP contribution is 2.27. The molecular weight excluding hydrogens is 228 g/mol. The first-order chi connectivity index (χ1) is 8.50. The van der Waals surface area contributed by atoms with Crippen molar-refractivity contribution in [3.8, 4) is 0 Å². The van der Waals surface area contributed by atoms with E-state index < -0.39 is 5.60 Å². The number of anilines is 2. The lowest BCUT2D eigenvalue weighted by molar-refractivity contribution is -0.138. The Balaban J connectivity index is 3.12. The van der Waals surface area contributed by atoms with Gasteiger partial charge in [0.1, 0.15) is 5.60 Å². The molecule has 0 aliphatic carbocycles. The average molecular weight is 250 g/mol. The van der Waals surface area contributed by atoms with E-state index in [2.05, 4.69) is 0 Å². The zero-order valence-electron chi connectivity index (χ0n) is 11.6. The highest BCUT2D eigenvalue weighted by Gasteiger charge is 2.35. The number of methoxy groups -OCH3 is 1. The number of nitrogens with zero attached hydrogens (tertiary/aromatic N) is 1. The van der Waals surface area contributed by atoms with Gasteiger partial charge >= 0.3 is 0 Å². The molecule has 0 saturated heterocycles. The van der Waals surface area contributed by atoms with Crippen LogP contribution in [-0.2, 0) is 9.53 Å². The van der Waals surface area contributed by atoms with Crippen LogP contribution in [0, 0.1) is 0 Å². The molecule has 1 aromatic carbocycles. The summed E-state index contributed by atoms with van der Waals surface area (Å²) in [5.41, 5.74) is 6.46. The minimum Gasteiger partial charge on any atom is -0.397 e. The third-order valence-electron chi connectivity index (χ3n) is 3.37. The molecule has 0 radical (unpaired) electrons. The van der Waals surface area contributed by atoms with E-state index in [1.807, 2.05) is 32.0 Å². The number of rotatable bonds is 5. The molecule has 0 bridgehead atoms. The lowest BCUT2D eigenvalue weighted by Crippen LogP contribution is -2.48. The number of para-hydroxylation sites is 2. The SMILES string of the molecule is CCN(C(=O)C(C)(CC)OC)c1ccccc1N. The Hall–Kier alpha value is -1.55. The first-order valence-electron chi connectivity index (χ1n) is 6.21. The van der Waals surface area contributed by atoms with Gasteiger partial charge in [0.15, 0.2) is 0 Å². The Morgan fingerprint density at radius 1 is 1.39 bits per heavy atom. The molecule has 0 aromatic heterocycles. The van der Waals surface area contributed by atoms with Gasteiger partial charge in [-0.3, -0.25) is 4.79 Å². The number of hydrogen-bond donors (Lipinski definition) is 1. The van der Waals surface area contributed by atoms with Crippen molar-refractivity contribution in [2.24, 2.45) is 0 Å². The lowest BCUT2D eigenvalue weighted by atomic mass is 10.0. The summed E-state index contributed by atoms with van der Waals surface area (Å²) in [4.78, 5) is 14.2. The molecule has 4 heteroatoms. The van der Waals surface area contributed by atoms with Gasteiger partial charge in [-0.05, 0) is 32.4 Å². The highest BCUT2D eigenvalue weighted by atomic mass is 16.5. The van der Waals surface area contributed by atoms with Gasteiger partial charge < -0.3 is 15.4 Å². The molecule has 0 aliphatic rings. The van der Waals surface area contributed by atoms with Gasteiger partial charge in [0, 0.05) is 13.7 Å². The monoisotopic (exact) mass is 250 g/mol. The summed E-state index contributed by atoms with van der Waals surface area (Å²) in [5.74, 6) is -0.0621. The molecule has 1 aromatic rings. The molecule has 1 rings (SSSR count). The number of nitrogen functional groups attached to an aromatic ring is 1. The number of benzene rings is 1. The van der Waals surface area contributed by atoms with E-state index in [-0.39, 0.29) is 5.91 Å². The van der Waals surface area contributed by atoms with Gasteiger partial charge in [-0.2, -0.15) is 0 Å². The number of likely N-dealkylation sites (N-methyl/N-ethyl adjacent to an activating group) is 1. The number of carbonyl (C=O) groups excluding carboxylic acids is 1. The van der Waals surface area contributed by atoms with Gasteiger partial charge in [-0.15, -0.1) is 0 Å². The van der Waals surface area contributed by atoms with Crippen LogP contribution in [-0.4, -0.2) is 25.2 Å². The molecule has 0 spiro atoms. The van der Waals surface area contributed by atoms with Crippen LogP contribution in [0.25, 0.3) is 0 Å². The molecule has 0 saturated carbocycles.